The number of phenols is 1. The number of halogens is 1. The Balaban J connectivity index is 1.90. The molecule has 0 saturated heterocycles. The number of carbonyl (C=O) groups is 1. The van der Waals surface area contributed by atoms with E-state index in [0.29, 0.717) is 22.6 Å². The lowest BCUT2D eigenvalue weighted by atomic mass is 10.2. The molecule has 0 aliphatic heterocycles. The summed E-state index contributed by atoms with van der Waals surface area (Å²) in [5, 5.41) is 22.3. The number of hydrogen-bond donors (Lipinski definition) is 2. The summed E-state index contributed by atoms with van der Waals surface area (Å²) in [5.74, 6) is 0.152. The van der Waals surface area contributed by atoms with Crippen molar-refractivity contribution in [3.8, 4) is 23.3 Å². The number of methoxy groups -OCH3 is 1. The summed E-state index contributed by atoms with van der Waals surface area (Å²) in [4.78, 5) is 11.7. The first kappa shape index (κ1) is 18.3. The highest BCUT2D eigenvalue weighted by molar-refractivity contribution is 9.10. The first-order chi connectivity index (χ1) is 12.0. The zero-order valence-electron chi connectivity index (χ0n) is 13.2. The van der Waals surface area contributed by atoms with Gasteiger partial charge in [0.25, 0.3) is 5.91 Å². The molecular weight excluding hydrogens is 390 g/mol. The van der Waals surface area contributed by atoms with Gasteiger partial charge in [-0.1, -0.05) is 15.9 Å². The molecule has 2 aromatic carbocycles. The van der Waals surface area contributed by atoms with Gasteiger partial charge in [-0.15, -0.1) is 0 Å². The minimum Gasteiger partial charge on any atom is -0.504 e. The Bertz CT molecular complexity index is 846. The maximum Gasteiger partial charge on any atom is 0.277 e. The summed E-state index contributed by atoms with van der Waals surface area (Å²) >= 11 is 3.26. The van der Waals surface area contributed by atoms with Crippen molar-refractivity contribution in [2.75, 3.05) is 13.7 Å². The van der Waals surface area contributed by atoms with E-state index in [1.807, 2.05) is 6.07 Å². The molecule has 0 bridgehead atoms. The number of ether oxygens (including phenoxy) is 2. The van der Waals surface area contributed by atoms with E-state index in [1.54, 1.807) is 30.3 Å². The van der Waals surface area contributed by atoms with Crippen LogP contribution in [0.2, 0.25) is 0 Å². The van der Waals surface area contributed by atoms with Crippen LogP contribution in [-0.2, 0) is 4.79 Å². The smallest absolute Gasteiger partial charge is 0.277 e. The number of nitriles is 1. The van der Waals surface area contributed by atoms with E-state index in [1.165, 1.54) is 19.4 Å². The summed E-state index contributed by atoms with van der Waals surface area (Å²) < 4.78 is 11.0. The zero-order valence-corrected chi connectivity index (χ0v) is 14.8. The van der Waals surface area contributed by atoms with Crippen LogP contribution < -0.4 is 14.9 Å². The van der Waals surface area contributed by atoms with Gasteiger partial charge >= 0.3 is 0 Å². The van der Waals surface area contributed by atoms with Crippen LogP contribution in [0.3, 0.4) is 0 Å². The molecule has 0 radical (unpaired) electrons. The monoisotopic (exact) mass is 403 g/mol. The molecule has 2 N–H and O–H groups in total. The third-order valence-electron chi connectivity index (χ3n) is 3.03. The third kappa shape index (κ3) is 5.22. The Morgan fingerprint density at radius 2 is 2.16 bits per heavy atom. The summed E-state index contributed by atoms with van der Waals surface area (Å²) in [6, 6.07) is 11.6. The zero-order chi connectivity index (χ0) is 18.2. The normalized spacial score (nSPS) is 10.3. The maximum atomic E-state index is 11.7. The number of carbonyl (C=O) groups excluding carboxylic acids is 1. The lowest BCUT2D eigenvalue weighted by molar-refractivity contribution is -0.123. The molecule has 0 aliphatic rings. The largest absolute Gasteiger partial charge is 0.504 e. The summed E-state index contributed by atoms with van der Waals surface area (Å²) in [6.45, 7) is -0.285. The van der Waals surface area contributed by atoms with Crippen molar-refractivity contribution in [2.45, 2.75) is 0 Å². The molecule has 8 heteroatoms. The van der Waals surface area contributed by atoms with Crippen LogP contribution in [-0.4, -0.2) is 30.9 Å². The van der Waals surface area contributed by atoms with Crippen molar-refractivity contribution in [1.82, 2.24) is 5.43 Å². The molecule has 25 heavy (non-hydrogen) atoms. The van der Waals surface area contributed by atoms with E-state index >= 15 is 0 Å². The second-order valence-corrected chi connectivity index (χ2v) is 5.68. The Labute approximate surface area is 152 Å². The standard InChI is InChI=1S/C17H14BrN3O4/c1-24-16-6-11(2-4-14(16)22)9-20-21-17(23)10-25-15-5-3-13(18)7-12(15)8-19/h2-7,9,22H,10H2,1H3,(H,21,23). The van der Waals surface area contributed by atoms with Crippen LogP contribution in [0.5, 0.6) is 17.2 Å². The first-order valence-corrected chi connectivity index (χ1v) is 7.84. The van der Waals surface area contributed by atoms with E-state index in [9.17, 15) is 9.90 Å². The highest BCUT2D eigenvalue weighted by Crippen LogP contribution is 2.25. The molecule has 2 rings (SSSR count). The quantitative estimate of drug-likeness (QED) is 0.569. The number of hydrazone groups is 1. The lowest BCUT2D eigenvalue weighted by Gasteiger charge is -2.07. The molecule has 0 fully saturated rings. The van der Waals surface area contributed by atoms with E-state index in [4.69, 9.17) is 14.7 Å². The minimum absolute atomic E-state index is 0.0138. The predicted octanol–water partition coefficient (Wildman–Crippen LogP) is 2.56. The van der Waals surface area contributed by atoms with Gasteiger partial charge in [-0.2, -0.15) is 10.4 Å². The molecule has 7 nitrogen and oxygen atoms in total. The number of rotatable bonds is 6. The highest BCUT2D eigenvalue weighted by Gasteiger charge is 2.07. The fourth-order valence-corrected chi connectivity index (χ4v) is 2.21. The van der Waals surface area contributed by atoms with Gasteiger partial charge in [0.1, 0.15) is 11.8 Å². The van der Waals surface area contributed by atoms with Gasteiger partial charge in [0, 0.05) is 4.47 Å². The number of benzene rings is 2. The van der Waals surface area contributed by atoms with Crippen LogP contribution in [0.4, 0.5) is 0 Å². The summed E-state index contributed by atoms with van der Waals surface area (Å²) in [7, 11) is 1.44. The highest BCUT2D eigenvalue weighted by atomic mass is 79.9. The van der Waals surface area contributed by atoms with Crippen molar-refractivity contribution >= 4 is 28.1 Å². The minimum atomic E-state index is -0.478. The molecule has 0 atom stereocenters. The predicted molar refractivity (Wildman–Crippen MR) is 94.7 cm³/mol. The molecule has 0 saturated carbocycles. The number of hydrogen-bond acceptors (Lipinski definition) is 6. The van der Waals surface area contributed by atoms with Crippen LogP contribution in [0.15, 0.2) is 46.0 Å². The molecule has 0 aromatic heterocycles. The van der Waals surface area contributed by atoms with Gasteiger partial charge < -0.3 is 14.6 Å². The van der Waals surface area contributed by atoms with Gasteiger partial charge in [0.05, 0.1) is 18.9 Å². The Hall–Kier alpha value is -3.05. The third-order valence-corrected chi connectivity index (χ3v) is 3.52. The van der Waals surface area contributed by atoms with Gasteiger partial charge in [-0.05, 0) is 42.0 Å². The number of nitrogens with zero attached hydrogens (tertiary/aromatic N) is 2. The second kappa shape index (κ2) is 8.70. The SMILES string of the molecule is COc1cc(C=NNC(=O)COc2ccc(Br)cc2C#N)ccc1O. The number of aromatic hydroxyl groups is 1. The Morgan fingerprint density at radius 1 is 1.36 bits per heavy atom. The van der Waals surface area contributed by atoms with E-state index < -0.39 is 5.91 Å². The fourth-order valence-electron chi connectivity index (χ4n) is 1.84. The van der Waals surface area contributed by atoms with Crippen molar-refractivity contribution in [1.29, 1.82) is 5.26 Å². The fraction of sp³-hybridized carbons (Fsp3) is 0.118. The van der Waals surface area contributed by atoms with Gasteiger partial charge in [-0.25, -0.2) is 5.43 Å². The average molecular weight is 404 g/mol. The van der Waals surface area contributed by atoms with Gasteiger partial charge in [0.15, 0.2) is 18.1 Å². The van der Waals surface area contributed by atoms with Crippen molar-refractivity contribution < 1.29 is 19.4 Å². The molecular formula is C17H14BrN3O4. The van der Waals surface area contributed by atoms with Crippen molar-refractivity contribution in [2.24, 2.45) is 5.10 Å². The molecule has 0 unspecified atom stereocenters. The Morgan fingerprint density at radius 3 is 2.88 bits per heavy atom. The molecule has 0 spiro atoms. The maximum absolute atomic E-state index is 11.7. The molecule has 1 amide bonds. The van der Waals surface area contributed by atoms with E-state index in [-0.39, 0.29) is 12.4 Å². The van der Waals surface area contributed by atoms with Gasteiger partial charge in [-0.3, -0.25) is 4.79 Å². The van der Waals surface area contributed by atoms with Crippen molar-refractivity contribution in [3.63, 3.8) is 0 Å². The molecule has 128 valence electrons. The van der Waals surface area contributed by atoms with Crippen LogP contribution in [0.25, 0.3) is 0 Å². The average Bonchev–Trinajstić information content (AvgIpc) is 2.61. The number of nitrogens with one attached hydrogen (secondary N) is 1. The van der Waals surface area contributed by atoms with Crippen LogP contribution in [0.1, 0.15) is 11.1 Å². The van der Waals surface area contributed by atoms with Crippen molar-refractivity contribution in [3.05, 3.63) is 52.0 Å². The van der Waals surface area contributed by atoms with Gasteiger partial charge in [0.2, 0.25) is 0 Å². The van der Waals surface area contributed by atoms with Crippen LogP contribution in [0, 0.1) is 11.3 Å². The van der Waals surface area contributed by atoms with E-state index in [0.717, 1.165) is 4.47 Å². The second-order valence-electron chi connectivity index (χ2n) is 4.77. The topological polar surface area (TPSA) is 104 Å². The molecule has 0 heterocycles. The number of phenolic OH excluding ortho intramolecular Hbond substituents is 1. The molecule has 0 aliphatic carbocycles. The molecule has 2 aromatic rings. The number of amides is 1. The Kier molecular flexibility index (Phi) is 6.37. The summed E-state index contributed by atoms with van der Waals surface area (Å²) in [5.41, 5.74) is 3.27. The first-order valence-electron chi connectivity index (χ1n) is 7.05. The van der Waals surface area contributed by atoms with E-state index in [2.05, 4.69) is 26.5 Å². The summed E-state index contributed by atoms with van der Waals surface area (Å²) in [6.07, 6.45) is 1.40. The van der Waals surface area contributed by atoms with Crippen LogP contribution >= 0.6 is 15.9 Å². The lowest BCUT2D eigenvalue weighted by Crippen LogP contribution is -2.24.